The molecule has 0 aliphatic carbocycles. The van der Waals surface area contributed by atoms with Gasteiger partial charge in [-0.15, -0.1) is 0 Å². The summed E-state index contributed by atoms with van der Waals surface area (Å²) in [5.74, 6) is 0.815. The molecule has 0 aliphatic heterocycles. The van der Waals surface area contributed by atoms with Crippen LogP contribution >= 0.6 is 0 Å². The lowest BCUT2D eigenvalue weighted by atomic mass is 10.4. The molecule has 2 N–H and O–H groups in total. The number of aliphatic imine (C=N–C) groups is 1. The van der Waals surface area contributed by atoms with Crippen molar-refractivity contribution < 1.29 is 0 Å². The van der Waals surface area contributed by atoms with E-state index in [1.54, 1.807) is 24.7 Å². The van der Waals surface area contributed by atoms with E-state index in [-0.39, 0.29) is 0 Å². The zero-order valence-electron chi connectivity index (χ0n) is 7.49. The van der Waals surface area contributed by atoms with Gasteiger partial charge in [0.1, 0.15) is 5.82 Å². The number of H-pyrrole nitrogens is 1. The van der Waals surface area contributed by atoms with E-state index >= 15 is 0 Å². The topological polar surface area (TPSA) is 53.1 Å². The Bertz CT molecular complexity index is 308. The van der Waals surface area contributed by atoms with Gasteiger partial charge in [0.15, 0.2) is 0 Å². The lowest BCUT2D eigenvalue weighted by Crippen LogP contribution is -1.94. The zero-order chi connectivity index (χ0) is 9.52. The molecule has 0 fully saturated rings. The number of hydrogen-bond donors (Lipinski definition) is 2. The first-order valence-electron chi connectivity index (χ1n) is 3.92. The number of nitrogens with zero attached hydrogens (tertiary/aromatic N) is 2. The molecule has 1 heterocycles. The highest BCUT2D eigenvalue weighted by molar-refractivity contribution is 5.54. The second-order valence-corrected chi connectivity index (χ2v) is 2.34. The van der Waals surface area contributed by atoms with Gasteiger partial charge >= 0.3 is 0 Å². The molecule has 0 radical (unpaired) electrons. The summed E-state index contributed by atoms with van der Waals surface area (Å²) < 4.78 is 0. The minimum absolute atomic E-state index is 0.759. The molecule has 0 bridgehead atoms. The summed E-state index contributed by atoms with van der Waals surface area (Å²) in [5, 5.41) is 9.56. The third-order valence-corrected chi connectivity index (χ3v) is 1.31. The minimum Gasteiger partial charge on any atom is -0.341 e. The van der Waals surface area contributed by atoms with Crippen LogP contribution in [0.15, 0.2) is 41.8 Å². The largest absolute Gasteiger partial charge is 0.341 e. The molecule has 4 heteroatoms. The standard InChI is InChI=1S/C9H12N4/c1-3-10-6-4-8(2)12-9-5-7-11-13-9/h3-7H,2H2,1H3,(H2,11,12,13)/b6-4-,10-3?. The second-order valence-electron chi connectivity index (χ2n) is 2.34. The Morgan fingerprint density at radius 2 is 2.62 bits per heavy atom. The molecule has 68 valence electrons. The lowest BCUT2D eigenvalue weighted by Gasteiger charge is -1.99. The fraction of sp³-hybridized carbons (Fsp3) is 0.111. The van der Waals surface area contributed by atoms with Crippen molar-refractivity contribution in [1.29, 1.82) is 0 Å². The van der Waals surface area contributed by atoms with E-state index in [0.29, 0.717) is 0 Å². The van der Waals surface area contributed by atoms with Crippen molar-refractivity contribution in [3.8, 4) is 0 Å². The zero-order valence-corrected chi connectivity index (χ0v) is 7.49. The highest BCUT2D eigenvalue weighted by Gasteiger charge is 1.90. The summed E-state index contributed by atoms with van der Waals surface area (Å²) in [6, 6.07) is 1.82. The van der Waals surface area contributed by atoms with Crippen molar-refractivity contribution in [3.05, 3.63) is 36.8 Å². The van der Waals surface area contributed by atoms with Crippen molar-refractivity contribution >= 4 is 12.0 Å². The van der Waals surface area contributed by atoms with Crippen LogP contribution in [-0.4, -0.2) is 16.4 Å². The van der Waals surface area contributed by atoms with Crippen LogP contribution in [0.3, 0.4) is 0 Å². The van der Waals surface area contributed by atoms with Crippen LogP contribution in [0.25, 0.3) is 0 Å². The Labute approximate surface area is 77.1 Å². The normalized spacial score (nSPS) is 11.2. The fourth-order valence-electron chi connectivity index (χ4n) is 0.759. The monoisotopic (exact) mass is 176 g/mol. The maximum Gasteiger partial charge on any atom is 0.125 e. The van der Waals surface area contributed by atoms with Crippen LogP contribution in [0.4, 0.5) is 5.82 Å². The van der Waals surface area contributed by atoms with Crippen molar-refractivity contribution in [3.63, 3.8) is 0 Å². The van der Waals surface area contributed by atoms with Crippen LogP contribution in [0, 0.1) is 0 Å². The number of hydrogen-bond acceptors (Lipinski definition) is 3. The minimum atomic E-state index is 0.759. The third kappa shape index (κ3) is 3.37. The molecule has 13 heavy (non-hydrogen) atoms. The molecular weight excluding hydrogens is 164 g/mol. The smallest absolute Gasteiger partial charge is 0.125 e. The highest BCUT2D eigenvalue weighted by Crippen LogP contribution is 2.03. The van der Waals surface area contributed by atoms with E-state index in [9.17, 15) is 0 Å². The Balaban J connectivity index is 2.42. The summed E-state index contributed by atoms with van der Waals surface area (Å²) >= 11 is 0. The van der Waals surface area contributed by atoms with E-state index in [4.69, 9.17) is 0 Å². The number of rotatable bonds is 4. The number of nitrogens with one attached hydrogen (secondary N) is 2. The first-order chi connectivity index (χ1) is 6.33. The Hall–Kier alpha value is -1.84. The third-order valence-electron chi connectivity index (χ3n) is 1.31. The average Bonchev–Trinajstić information content (AvgIpc) is 2.57. The van der Waals surface area contributed by atoms with Gasteiger partial charge in [-0.3, -0.25) is 10.1 Å². The molecule has 0 aromatic carbocycles. The van der Waals surface area contributed by atoms with Gasteiger partial charge in [-0.05, 0) is 13.0 Å². The Morgan fingerprint density at radius 1 is 1.77 bits per heavy atom. The van der Waals surface area contributed by atoms with Crippen LogP contribution in [0.2, 0.25) is 0 Å². The highest BCUT2D eigenvalue weighted by atomic mass is 15.2. The molecule has 0 unspecified atom stereocenters. The van der Waals surface area contributed by atoms with Gasteiger partial charge in [-0.1, -0.05) is 6.58 Å². The SMILES string of the molecule is C=C(/C=C\N=CC)Nc1ccn[nH]1. The molecule has 0 saturated carbocycles. The van der Waals surface area contributed by atoms with Gasteiger partial charge in [0, 0.05) is 24.2 Å². The average molecular weight is 176 g/mol. The molecule has 0 atom stereocenters. The summed E-state index contributed by atoms with van der Waals surface area (Å²) in [4.78, 5) is 3.91. The first-order valence-corrected chi connectivity index (χ1v) is 3.92. The van der Waals surface area contributed by atoms with Crippen molar-refractivity contribution in [2.24, 2.45) is 4.99 Å². The number of aromatic amines is 1. The molecule has 4 nitrogen and oxygen atoms in total. The maximum atomic E-state index is 3.91. The molecule has 1 aromatic rings. The van der Waals surface area contributed by atoms with Gasteiger partial charge < -0.3 is 5.32 Å². The van der Waals surface area contributed by atoms with Crippen molar-refractivity contribution in [2.75, 3.05) is 5.32 Å². The Morgan fingerprint density at radius 3 is 3.23 bits per heavy atom. The molecule has 0 spiro atoms. The molecule has 1 aromatic heterocycles. The predicted molar refractivity (Wildman–Crippen MR) is 54.7 cm³/mol. The summed E-state index contributed by atoms with van der Waals surface area (Å²) in [6.45, 7) is 5.64. The molecule has 0 amide bonds. The maximum absolute atomic E-state index is 3.91. The molecule has 0 saturated heterocycles. The van der Waals surface area contributed by atoms with Gasteiger partial charge in [0.25, 0.3) is 0 Å². The fourth-order valence-corrected chi connectivity index (χ4v) is 0.759. The van der Waals surface area contributed by atoms with E-state index in [0.717, 1.165) is 11.5 Å². The quantitative estimate of drug-likeness (QED) is 0.544. The van der Waals surface area contributed by atoms with Crippen LogP contribution in [-0.2, 0) is 0 Å². The van der Waals surface area contributed by atoms with E-state index in [1.165, 1.54) is 0 Å². The van der Waals surface area contributed by atoms with E-state index < -0.39 is 0 Å². The van der Waals surface area contributed by atoms with Crippen LogP contribution in [0.1, 0.15) is 6.92 Å². The van der Waals surface area contributed by atoms with Crippen molar-refractivity contribution in [2.45, 2.75) is 6.92 Å². The van der Waals surface area contributed by atoms with Crippen LogP contribution < -0.4 is 5.32 Å². The Kier molecular flexibility index (Phi) is 3.50. The second kappa shape index (κ2) is 4.92. The van der Waals surface area contributed by atoms with Gasteiger partial charge in [0.2, 0.25) is 0 Å². The summed E-state index contributed by atoms with van der Waals surface area (Å²) in [5.41, 5.74) is 0.759. The van der Waals surface area contributed by atoms with Gasteiger partial charge in [-0.25, -0.2) is 0 Å². The van der Waals surface area contributed by atoms with E-state index in [2.05, 4.69) is 27.1 Å². The summed E-state index contributed by atoms with van der Waals surface area (Å²) in [7, 11) is 0. The van der Waals surface area contributed by atoms with Gasteiger partial charge in [0.05, 0.1) is 6.20 Å². The lowest BCUT2D eigenvalue weighted by molar-refractivity contribution is 1.09. The number of anilines is 1. The van der Waals surface area contributed by atoms with Gasteiger partial charge in [-0.2, -0.15) is 5.10 Å². The molecule has 0 aliphatic rings. The molecular formula is C9H12N4. The first kappa shape index (κ1) is 9.25. The summed E-state index contributed by atoms with van der Waals surface area (Å²) in [6.07, 6.45) is 6.83. The number of allylic oxidation sites excluding steroid dienone is 1. The molecule has 1 rings (SSSR count). The predicted octanol–water partition coefficient (Wildman–Crippen LogP) is 1.94. The number of aromatic nitrogens is 2. The van der Waals surface area contributed by atoms with Crippen molar-refractivity contribution in [1.82, 2.24) is 10.2 Å². The van der Waals surface area contributed by atoms with Crippen LogP contribution in [0.5, 0.6) is 0 Å². The van der Waals surface area contributed by atoms with E-state index in [1.807, 2.05) is 13.0 Å².